The molecule has 0 aliphatic heterocycles. The number of rotatable bonds is 7. The minimum absolute atomic E-state index is 0.252. The Morgan fingerprint density at radius 2 is 2.04 bits per heavy atom. The fraction of sp³-hybridized carbons (Fsp3) is 0.600. The first kappa shape index (κ1) is 18.6. The first-order chi connectivity index (χ1) is 11.3. The molecule has 2 rings (SSSR count). The van der Waals surface area contributed by atoms with E-state index < -0.39 is 14.9 Å². The van der Waals surface area contributed by atoms with Crippen molar-refractivity contribution in [2.75, 3.05) is 11.9 Å². The van der Waals surface area contributed by atoms with Crippen molar-refractivity contribution in [2.45, 2.75) is 49.5 Å². The number of hydrogen-bond acceptors (Lipinski definition) is 6. The third-order valence-corrected chi connectivity index (χ3v) is 5.37. The molecule has 1 aromatic carbocycles. The summed E-state index contributed by atoms with van der Waals surface area (Å²) in [5.74, 6) is 0.287. The lowest BCUT2D eigenvalue weighted by molar-refractivity contribution is -0.385. The van der Waals surface area contributed by atoms with Crippen molar-refractivity contribution in [3.63, 3.8) is 0 Å². The number of aliphatic hydroxyl groups is 1. The maximum absolute atomic E-state index is 11.6. The number of nitro groups is 1. The molecule has 2 unspecified atom stereocenters. The number of sulfonamides is 1. The number of nitro benzene ring substituents is 1. The molecular weight excluding hydrogens is 334 g/mol. The molecule has 0 amide bonds. The van der Waals surface area contributed by atoms with Gasteiger partial charge < -0.3 is 10.4 Å². The number of non-ortho nitro benzene ring substituents is 1. The molecule has 0 aromatic heterocycles. The summed E-state index contributed by atoms with van der Waals surface area (Å²) in [6, 6.07) is 3.55. The van der Waals surface area contributed by atoms with Crippen LogP contribution in [0.5, 0.6) is 0 Å². The van der Waals surface area contributed by atoms with Crippen molar-refractivity contribution in [2.24, 2.45) is 11.1 Å². The summed E-state index contributed by atoms with van der Waals surface area (Å²) >= 11 is 0. The van der Waals surface area contributed by atoms with Crippen LogP contribution < -0.4 is 10.5 Å². The summed E-state index contributed by atoms with van der Waals surface area (Å²) in [5.41, 5.74) is -0.0674. The van der Waals surface area contributed by atoms with Gasteiger partial charge in [0.15, 0.2) is 0 Å². The van der Waals surface area contributed by atoms with Gasteiger partial charge in [0.05, 0.1) is 16.7 Å². The normalized spacial score (nSPS) is 21.4. The topological polar surface area (TPSA) is 136 Å². The smallest absolute Gasteiger partial charge is 0.270 e. The summed E-state index contributed by atoms with van der Waals surface area (Å²) in [6.45, 7) is 0.504. The summed E-state index contributed by atoms with van der Waals surface area (Å²) in [4.78, 5) is 9.84. The third kappa shape index (κ3) is 4.89. The van der Waals surface area contributed by atoms with Gasteiger partial charge in [-0.1, -0.05) is 12.8 Å². The predicted molar refractivity (Wildman–Crippen MR) is 90.2 cm³/mol. The summed E-state index contributed by atoms with van der Waals surface area (Å²) in [7, 11) is -4.06. The van der Waals surface area contributed by atoms with Crippen LogP contribution in [-0.2, 0) is 10.0 Å². The monoisotopic (exact) mass is 357 g/mol. The SMILES string of the molecule is NS(=O)(=O)c1cc([N+](=O)[O-])ccc1NCCCC1CCCCC1O. The van der Waals surface area contributed by atoms with Crippen LogP contribution in [0.15, 0.2) is 23.1 Å². The molecule has 0 saturated heterocycles. The highest BCUT2D eigenvalue weighted by Gasteiger charge is 2.22. The lowest BCUT2D eigenvalue weighted by Gasteiger charge is -2.27. The number of primary sulfonamides is 1. The van der Waals surface area contributed by atoms with Gasteiger partial charge in [0.1, 0.15) is 4.90 Å². The van der Waals surface area contributed by atoms with Crippen LogP contribution in [-0.4, -0.2) is 31.1 Å². The molecule has 0 bridgehead atoms. The molecule has 0 radical (unpaired) electrons. The van der Waals surface area contributed by atoms with E-state index in [1.165, 1.54) is 12.1 Å². The molecule has 1 saturated carbocycles. The summed E-state index contributed by atoms with van der Waals surface area (Å²) < 4.78 is 23.3. The van der Waals surface area contributed by atoms with Gasteiger partial charge in [0.2, 0.25) is 10.0 Å². The van der Waals surface area contributed by atoms with Crippen LogP contribution in [0.2, 0.25) is 0 Å². The number of benzene rings is 1. The molecule has 134 valence electrons. The number of nitrogens with zero attached hydrogens (tertiary/aromatic N) is 1. The molecule has 4 N–H and O–H groups in total. The van der Waals surface area contributed by atoms with E-state index in [9.17, 15) is 23.6 Å². The zero-order chi connectivity index (χ0) is 17.7. The van der Waals surface area contributed by atoms with E-state index in [2.05, 4.69) is 5.32 Å². The Morgan fingerprint density at radius 1 is 1.33 bits per heavy atom. The molecule has 9 heteroatoms. The quantitative estimate of drug-likeness (QED) is 0.388. The fourth-order valence-corrected chi connectivity index (χ4v) is 3.85. The predicted octanol–water partition coefficient (Wildman–Crippen LogP) is 1.99. The van der Waals surface area contributed by atoms with Gasteiger partial charge in [-0.2, -0.15) is 0 Å². The number of nitrogens with two attached hydrogens (primary N) is 1. The lowest BCUT2D eigenvalue weighted by atomic mass is 9.83. The molecular formula is C15H23N3O5S. The van der Waals surface area contributed by atoms with E-state index in [0.29, 0.717) is 6.54 Å². The Bertz CT molecular complexity index is 692. The maximum atomic E-state index is 11.6. The van der Waals surface area contributed by atoms with Crippen LogP contribution in [0.3, 0.4) is 0 Å². The van der Waals surface area contributed by atoms with E-state index in [1.807, 2.05) is 0 Å². The largest absolute Gasteiger partial charge is 0.393 e. The van der Waals surface area contributed by atoms with Crippen LogP contribution in [0.4, 0.5) is 11.4 Å². The molecule has 1 aromatic rings. The number of anilines is 1. The summed E-state index contributed by atoms with van der Waals surface area (Å²) in [6.07, 6.45) is 5.42. The van der Waals surface area contributed by atoms with Gasteiger partial charge in [-0.05, 0) is 37.7 Å². The standard InChI is InChI=1S/C15H23N3O5S/c16-24(22,23)15-10-12(18(20)21)7-8-13(15)17-9-3-5-11-4-1-2-6-14(11)19/h7-8,10-11,14,17,19H,1-6,9H2,(H2,16,22,23). The van der Waals surface area contributed by atoms with Crippen LogP contribution in [0.25, 0.3) is 0 Å². The highest BCUT2D eigenvalue weighted by molar-refractivity contribution is 7.89. The average Bonchev–Trinajstić information content (AvgIpc) is 2.52. The Balaban J connectivity index is 1.98. The molecule has 2 atom stereocenters. The second kappa shape index (κ2) is 7.91. The maximum Gasteiger partial charge on any atom is 0.270 e. The second-order valence-electron chi connectivity index (χ2n) is 6.16. The molecule has 8 nitrogen and oxygen atoms in total. The van der Waals surface area contributed by atoms with Gasteiger partial charge in [-0.15, -0.1) is 0 Å². The van der Waals surface area contributed by atoms with Crippen molar-refractivity contribution in [3.05, 3.63) is 28.3 Å². The van der Waals surface area contributed by atoms with Gasteiger partial charge >= 0.3 is 0 Å². The van der Waals surface area contributed by atoms with Gasteiger partial charge in [-0.3, -0.25) is 10.1 Å². The van der Waals surface area contributed by atoms with Crippen molar-refractivity contribution in [3.8, 4) is 0 Å². The van der Waals surface area contributed by atoms with E-state index in [4.69, 9.17) is 5.14 Å². The zero-order valence-corrected chi connectivity index (χ0v) is 14.2. The van der Waals surface area contributed by atoms with E-state index in [-0.39, 0.29) is 28.3 Å². The van der Waals surface area contributed by atoms with Gasteiger partial charge in [0, 0.05) is 18.7 Å². The molecule has 1 aliphatic carbocycles. The van der Waals surface area contributed by atoms with Gasteiger partial charge in [0.25, 0.3) is 5.69 Å². The third-order valence-electron chi connectivity index (χ3n) is 4.42. The molecule has 24 heavy (non-hydrogen) atoms. The molecule has 1 fully saturated rings. The average molecular weight is 357 g/mol. The second-order valence-corrected chi connectivity index (χ2v) is 7.69. The van der Waals surface area contributed by atoms with Crippen molar-refractivity contribution >= 4 is 21.4 Å². The first-order valence-corrected chi connectivity index (χ1v) is 9.57. The van der Waals surface area contributed by atoms with Crippen LogP contribution in [0, 0.1) is 16.0 Å². The van der Waals surface area contributed by atoms with Crippen molar-refractivity contribution < 1.29 is 18.4 Å². The minimum atomic E-state index is -4.06. The highest BCUT2D eigenvalue weighted by Crippen LogP contribution is 2.29. The Morgan fingerprint density at radius 3 is 2.67 bits per heavy atom. The van der Waals surface area contributed by atoms with E-state index >= 15 is 0 Å². The van der Waals surface area contributed by atoms with E-state index in [1.54, 1.807) is 0 Å². The van der Waals surface area contributed by atoms with Crippen LogP contribution >= 0.6 is 0 Å². The number of aliphatic hydroxyl groups excluding tert-OH is 1. The Labute approximate surface area is 141 Å². The fourth-order valence-electron chi connectivity index (χ4n) is 3.12. The van der Waals surface area contributed by atoms with Gasteiger partial charge in [-0.25, -0.2) is 13.6 Å². The number of nitrogens with one attached hydrogen (secondary N) is 1. The molecule has 1 aliphatic rings. The Kier molecular flexibility index (Phi) is 6.14. The zero-order valence-electron chi connectivity index (χ0n) is 13.3. The number of hydrogen-bond donors (Lipinski definition) is 3. The molecule has 0 spiro atoms. The van der Waals surface area contributed by atoms with E-state index in [0.717, 1.165) is 44.6 Å². The van der Waals surface area contributed by atoms with Crippen molar-refractivity contribution in [1.29, 1.82) is 0 Å². The highest BCUT2D eigenvalue weighted by atomic mass is 32.2. The lowest BCUT2D eigenvalue weighted by Crippen LogP contribution is -2.25. The minimum Gasteiger partial charge on any atom is -0.393 e. The van der Waals surface area contributed by atoms with Crippen LogP contribution in [0.1, 0.15) is 38.5 Å². The van der Waals surface area contributed by atoms with Crippen molar-refractivity contribution in [1.82, 2.24) is 0 Å². The Hall–Kier alpha value is -1.71. The summed E-state index contributed by atoms with van der Waals surface area (Å²) in [5, 5.41) is 28.8. The first-order valence-electron chi connectivity index (χ1n) is 8.02. The molecule has 0 heterocycles.